The van der Waals surface area contributed by atoms with Crippen molar-refractivity contribution in [2.75, 3.05) is 5.73 Å². The molecule has 0 heterocycles. The Morgan fingerprint density at radius 3 is 2.43 bits per heavy atom. The van der Waals surface area contributed by atoms with Crippen molar-refractivity contribution in [2.45, 2.75) is 0 Å². The lowest BCUT2D eigenvalue weighted by atomic mass is 9.97. The second kappa shape index (κ2) is 5.30. The minimum Gasteiger partial charge on any atom is -0.396 e. The van der Waals surface area contributed by atoms with E-state index in [4.69, 9.17) is 5.73 Å². The molecule has 0 aliphatic rings. The third-order valence-electron chi connectivity index (χ3n) is 3.37. The van der Waals surface area contributed by atoms with E-state index in [1.165, 1.54) is 18.2 Å². The number of hydrogen-bond donors (Lipinski definition) is 1. The van der Waals surface area contributed by atoms with Crippen molar-refractivity contribution in [3.63, 3.8) is 0 Å². The van der Waals surface area contributed by atoms with Gasteiger partial charge in [0.05, 0.1) is 5.69 Å². The van der Waals surface area contributed by atoms with Crippen LogP contribution in [0.3, 0.4) is 0 Å². The van der Waals surface area contributed by atoms with Crippen LogP contribution in [-0.4, -0.2) is 5.78 Å². The van der Waals surface area contributed by atoms with Crippen molar-refractivity contribution in [2.24, 2.45) is 0 Å². The molecule has 0 spiro atoms. The number of nitrogen functional groups attached to an aromatic ring is 1. The summed E-state index contributed by atoms with van der Waals surface area (Å²) in [5.74, 6) is -0.697. The lowest BCUT2D eigenvalue weighted by Gasteiger charge is -2.08. The lowest BCUT2D eigenvalue weighted by Crippen LogP contribution is -2.04. The molecule has 0 aromatic heterocycles. The molecule has 2 N–H and O–H groups in total. The molecule has 3 rings (SSSR count). The van der Waals surface area contributed by atoms with Gasteiger partial charge in [-0.2, -0.15) is 0 Å². The fraction of sp³-hybridized carbons (Fsp3) is 0. The Kier molecular flexibility index (Phi) is 3.47. The monoisotopic (exact) mass is 343 g/mol. The van der Waals surface area contributed by atoms with Gasteiger partial charge in [-0.3, -0.25) is 4.79 Å². The predicted octanol–water partition coefficient (Wildman–Crippen LogP) is 4.55. The minimum atomic E-state index is -0.521. The third-order valence-corrected chi connectivity index (χ3v) is 4.07. The van der Waals surface area contributed by atoms with Crippen LogP contribution in [0.5, 0.6) is 0 Å². The normalized spacial score (nSPS) is 10.8. The summed E-state index contributed by atoms with van der Waals surface area (Å²) in [6.45, 7) is 0. The van der Waals surface area contributed by atoms with E-state index in [1.807, 2.05) is 30.3 Å². The first-order chi connectivity index (χ1) is 10.1. The minimum absolute atomic E-state index is 0.0257. The molecule has 0 aliphatic heterocycles. The highest BCUT2D eigenvalue weighted by molar-refractivity contribution is 9.10. The third kappa shape index (κ3) is 2.43. The number of ketones is 1. The summed E-state index contributed by atoms with van der Waals surface area (Å²) in [7, 11) is 0. The highest BCUT2D eigenvalue weighted by Gasteiger charge is 2.14. The highest BCUT2D eigenvalue weighted by atomic mass is 79.9. The maximum atomic E-state index is 13.2. The van der Waals surface area contributed by atoms with Gasteiger partial charge >= 0.3 is 0 Å². The number of carbonyl (C=O) groups excluding carboxylic acids is 1. The predicted molar refractivity (Wildman–Crippen MR) is 85.9 cm³/mol. The van der Waals surface area contributed by atoms with E-state index in [2.05, 4.69) is 15.9 Å². The van der Waals surface area contributed by atoms with Crippen molar-refractivity contribution < 1.29 is 9.18 Å². The van der Waals surface area contributed by atoms with E-state index in [0.717, 1.165) is 15.2 Å². The fourth-order valence-electron chi connectivity index (χ4n) is 2.30. The van der Waals surface area contributed by atoms with Crippen LogP contribution in [0.4, 0.5) is 10.1 Å². The molecule has 0 fully saturated rings. The Morgan fingerprint density at radius 2 is 1.71 bits per heavy atom. The molecular formula is C17H11BrFNO. The Labute approximate surface area is 129 Å². The Morgan fingerprint density at radius 1 is 1.00 bits per heavy atom. The molecule has 0 radical (unpaired) electrons. The zero-order chi connectivity index (χ0) is 15.0. The van der Waals surface area contributed by atoms with Crippen molar-refractivity contribution in [3.05, 3.63) is 76.0 Å². The number of carbonyl (C=O) groups is 1. The summed E-state index contributed by atoms with van der Waals surface area (Å²) in [5.41, 5.74) is 6.46. The molecular weight excluding hydrogens is 333 g/mol. The Bertz CT molecular complexity index is 861. The average molecular weight is 344 g/mol. The second-order valence-electron chi connectivity index (χ2n) is 4.71. The average Bonchev–Trinajstić information content (AvgIpc) is 2.50. The maximum Gasteiger partial charge on any atom is 0.193 e. The number of halogens is 2. The Hall–Kier alpha value is -2.20. The van der Waals surface area contributed by atoms with E-state index in [9.17, 15) is 9.18 Å². The number of anilines is 1. The molecule has 0 amide bonds. The van der Waals surface area contributed by atoms with E-state index >= 15 is 0 Å². The molecule has 0 atom stereocenters. The molecule has 4 heteroatoms. The van der Waals surface area contributed by atoms with Crippen LogP contribution in [0, 0.1) is 5.82 Å². The number of hydrogen-bond acceptors (Lipinski definition) is 2. The summed E-state index contributed by atoms with van der Waals surface area (Å²) >= 11 is 3.48. The van der Waals surface area contributed by atoms with Gasteiger partial charge in [0, 0.05) is 15.6 Å². The molecule has 2 nitrogen and oxygen atoms in total. The van der Waals surface area contributed by atoms with Gasteiger partial charge in [0.15, 0.2) is 5.78 Å². The standard InChI is InChI=1S/C17H11BrFNO/c18-14-7-6-13(11-3-1-2-4-12(11)14)17(21)10-5-8-15(19)16(20)9-10/h1-9H,20H2. The van der Waals surface area contributed by atoms with Crippen molar-refractivity contribution >= 4 is 38.2 Å². The molecule has 3 aromatic rings. The lowest BCUT2D eigenvalue weighted by molar-refractivity contribution is 0.104. The topological polar surface area (TPSA) is 43.1 Å². The van der Waals surface area contributed by atoms with E-state index in [-0.39, 0.29) is 11.5 Å². The number of benzene rings is 3. The van der Waals surface area contributed by atoms with Gasteiger partial charge in [0.25, 0.3) is 0 Å². The van der Waals surface area contributed by atoms with Gasteiger partial charge in [0.1, 0.15) is 5.82 Å². The van der Waals surface area contributed by atoms with E-state index in [1.54, 1.807) is 6.07 Å². The van der Waals surface area contributed by atoms with Gasteiger partial charge < -0.3 is 5.73 Å². The summed E-state index contributed by atoms with van der Waals surface area (Å²) in [6, 6.07) is 15.2. The molecule has 104 valence electrons. The first kappa shape index (κ1) is 13.8. The summed E-state index contributed by atoms with van der Waals surface area (Å²) in [6.07, 6.45) is 0. The van der Waals surface area contributed by atoms with Crippen LogP contribution in [-0.2, 0) is 0 Å². The number of nitrogens with two attached hydrogens (primary N) is 1. The smallest absolute Gasteiger partial charge is 0.193 e. The number of rotatable bonds is 2. The van der Waals surface area contributed by atoms with Gasteiger partial charge in [-0.15, -0.1) is 0 Å². The van der Waals surface area contributed by atoms with Crippen LogP contribution >= 0.6 is 15.9 Å². The summed E-state index contributed by atoms with van der Waals surface area (Å²) < 4.78 is 14.2. The van der Waals surface area contributed by atoms with Crippen LogP contribution in [0.2, 0.25) is 0 Å². The summed E-state index contributed by atoms with van der Waals surface area (Å²) in [5, 5.41) is 1.80. The molecule has 21 heavy (non-hydrogen) atoms. The van der Waals surface area contributed by atoms with Crippen molar-refractivity contribution in [1.82, 2.24) is 0 Å². The maximum absolute atomic E-state index is 13.2. The molecule has 0 saturated heterocycles. The zero-order valence-electron chi connectivity index (χ0n) is 10.9. The van der Waals surface area contributed by atoms with Gasteiger partial charge in [-0.05, 0) is 41.1 Å². The van der Waals surface area contributed by atoms with Crippen LogP contribution < -0.4 is 5.73 Å². The van der Waals surface area contributed by atoms with Gasteiger partial charge in [0.2, 0.25) is 0 Å². The van der Waals surface area contributed by atoms with Crippen molar-refractivity contribution in [1.29, 1.82) is 0 Å². The quantitative estimate of drug-likeness (QED) is 0.547. The van der Waals surface area contributed by atoms with E-state index in [0.29, 0.717) is 11.1 Å². The zero-order valence-corrected chi connectivity index (χ0v) is 12.5. The first-order valence-corrected chi connectivity index (χ1v) is 7.14. The van der Waals surface area contributed by atoms with Crippen LogP contribution in [0.25, 0.3) is 10.8 Å². The molecule has 0 unspecified atom stereocenters. The SMILES string of the molecule is Nc1cc(C(=O)c2ccc(Br)c3ccccc23)ccc1F. The van der Waals surface area contributed by atoms with Crippen molar-refractivity contribution in [3.8, 4) is 0 Å². The van der Waals surface area contributed by atoms with E-state index < -0.39 is 5.82 Å². The van der Waals surface area contributed by atoms with Gasteiger partial charge in [-0.1, -0.05) is 40.2 Å². The first-order valence-electron chi connectivity index (χ1n) is 6.35. The molecule has 0 saturated carbocycles. The van der Waals surface area contributed by atoms with Crippen LogP contribution in [0.1, 0.15) is 15.9 Å². The van der Waals surface area contributed by atoms with Crippen LogP contribution in [0.15, 0.2) is 59.1 Å². The Balaban J connectivity index is 2.18. The highest BCUT2D eigenvalue weighted by Crippen LogP contribution is 2.28. The summed E-state index contributed by atoms with van der Waals surface area (Å²) in [4.78, 5) is 12.6. The molecule has 0 bridgehead atoms. The number of fused-ring (bicyclic) bond motifs is 1. The second-order valence-corrected chi connectivity index (χ2v) is 5.56. The largest absolute Gasteiger partial charge is 0.396 e. The molecule has 3 aromatic carbocycles. The van der Waals surface area contributed by atoms with Gasteiger partial charge in [-0.25, -0.2) is 4.39 Å². The fourth-order valence-corrected chi connectivity index (χ4v) is 2.78. The molecule has 0 aliphatic carbocycles.